The minimum Gasteiger partial charge on any atom is -0.351 e. The molecule has 194 valence electrons. The van der Waals surface area contributed by atoms with E-state index in [-0.39, 0.29) is 11.7 Å². The second-order valence-corrected chi connectivity index (χ2v) is 14.1. The molecule has 0 aliphatic rings. The van der Waals surface area contributed by atoms with Crippen LogP contribution in [0.1, 0.15) is 0 Å². The summed E-state index contributed by atoms with van der Waals surface area (Å²) < 4.78 is 9.58. The molecule has 0 bridgehead atoms. The lowest BCUT2D eigenvalue weighted by molar-refractivity contribution is 0.989. The molecule has 0 saturated heterocycles. The van der Waals surface area contributed by atoms with Gasteiger partial charge in [-0.05, 0) is 36.4 Å². The number of rotatable bonds is 4. The maximum Gasteiger partial charge on any atom is 0.350 e. The Hall–Kier alpha value is -4.60. The van der Waals surface area contributed by atoms with Crippen molar-refractivity contribution in [2.24, 2.45) is 24.1 Å². The Bertz CT molecular complexity index is 2250. The average Bonchev–Trinajstić information content (AvgIpc) is 3.82. The van der Waals surface area contributed by atoms with Gasteiger partial charge in [0.25, 0.3) is 0 Å². The van der Waals surface area contributed by atoms with Crippen molar-refractivity contribution in [2.75, 3.05) is 0 Å². The summed E-state index contributed by atoms with van der Waals surface area (Å²) in [5.41, 5.74) is 4.82. The van der Waals surface area contributed by atoms with Crippen LogP contribution in [0.3, 0.4) is 0 Å². The molecule has 0 fully saturated rings. The van der Waals surface area contributed by atoms with Crippen LogP contribution in [0.2, 0.25) is 0 Å². The maximum atomic E-state index is 9.03. The van der Waals surface area contributed by atoms with Crippen LogP contribution < -0.4 is 0 Å². The molecule has 0 atom stereocenters. The normalized spacial score (nSPS) is 12.3. The van der Waals surface area contributed by atoms with E-state index in [0.29, 0.717) is 10.0 Å². The predicted octanol–water partition coefficient (Wildman–Crippen LogP) is 9.56. The van der Waals surface area contributed by atoms with Gasteiger partial charge in [0.05, 0.1) is 40.9 Å². The lowest BCUT2D eigenvalue weighted by Gasteiger charge is -1.99. The number of fused-ring (bicyclic) bond motifs is 7. The molecule has 7 aromatic rings. The van der Waals surface area contributed by atoms with E-state index in [4.69, 9.17) is 23.7 Å². The average molecular weight is 621 g/mol. The number of hydrogen-bond donors (Lipinski definition) is 0. The molecular formula is C28H12N8S5. The van der Waals surface area contributed by atoms with Crippen LogP contribution >= 0.6 is 56.7 Å². The van der Waals surface area contributed by atoms with Crippen molar-refractivity contribution < 1.29 is 0 Å². The molecule has 0 spiro atoms. The molecule has 7 aromatic heterocycles. The number of nitrogens with zero attached hydrogens (tertiary/aromatic N) is 8. The SMILES string of the molecule is [C-]#[N+]C(C#N)=Nc1ccc(-c2cc3c(s2)c2sc4c5sc(-c6ccc(N=C(C#N)[N+]#[C-])s6)cc5n(C)c4c2n3C)s1. The third-order valence-electron chi connectivity index (χ3n) is 6.60. The standard InChI is InChI=1S/C28H12N8S5/c1-31-19(11-29)33-21-7-5-15(37-21)17-9-13-25(39-17)27-23(35(13)3)24-28(41-27)26-14(36(24)4)10-18(40-26)16-6-8-22(38-16)34-20(12-30)32-2/h5-10H,3-4H3. The number of aromatic nitrogens is 2. The van der Waals surface area contributed by atoms with E-state index in [2.05, 4.69) is 55.0 Å². The number of amidine groups is 2. The minimum atomic E-state index is -0.161. The monoisotopic (exact) mass is 620 g/mol. The largest absolute Gasteiger partial charge is 0.351 e. The number of hydrogen-bond acceptors (Lipinski definition) is 9. The van der Waals surface area contributed by atoms with Gasteiger partial charge in [0.15, 0.2) is 0 Å². The highest BCUT2D eigenvalue weighted by molar-refractivity contribution is 7.36. The van der Waals surface area contributed by atoms with Crippen LogP contribution in [0.5, 0.6) is 0 Å². The van der Waals surface area contributed by atoms with Crippen molar-refractivity contribution in [3.8, 4) is 31.6 Å². The lowest BCUT2D eigenvalue weighted by Crippen LogP contribution is -1.90. The summed E-state index contributed by atoms with van der Waals surface area (Å²) in [6.07, 6.45) is 0. The van der Waals surface area contributed by atoms with Gasteiger partial charge < -0.3 is 18.8 Å². The first-order chi connectivity index (χ1) is 19.9. The molecule has 0 aromatic carbocycles. The number of thiophene rings is 5. The molecule has 0 N–H and O–H groups in total. The quantitative estimate of drug-likeness (QED) is 0.111. The first-order valence-electron chi connectivity index (χ1n) is 11.8. The third-order valence-corrected chi connectivity index (χ3v) is 12.7. The van der Waals surface area contributed by atoms with Crippen molar-refractivity contribution >= 4 is 119 Å². The molecule has 0 aliphatic heterocycles. The number of aryl methyl sites for hydroxylation is 2. The highest BCUT2D eigenvalue weighted by Gasteiger charge is 2.24. The van der Waals surface area contributed by atoms with Gasteiger partial charge in [0.2, 0.25) is 10.0 Å². The summed E-state index contributed by atoms with van der Waals surface area (Å²) in [4.78, 5) is 19.0. The van der Waals surface area contributed by atoms with Crippen molar-refractivity contribution in [1.82, 2.24) is 9.13 Å². The zero-order chi connectivity index (χ0) is 28.4. The molecule has 7 heterocycles. The number of nitriles is 2. The van der Waals surface area contributed by atoms with E-state index in [1.807, 2.05) is 47.7 Å². The van der Waals surface area contributed by atoms with Crippen LogP contribution in [-0.2, 0) is 14.1 Å². The first kappa shape index (κ1) is 25.4. The van der Waals surface area contributed by atoms with Gasteiger partial charge in [-0.2, -0.15) is 0 Å². The van der Waals surface area contributed by atoms with E-state index in [0.717, 1.165) is 19.5 Å². The van der Waals surface area contributed by atoms with E-state index < -0.39 is 0 Å². The lowest BCUT2D eigenvalue weighted by atomic mass is 10.3. The molecule has 0 aliphatic carbocycles. The summed E-state index contributed by atoms with van der Waals surface area (Å²) in [6.45, 7) is 14.1. The third kappa shape index (κ3) is 3.84. The van der Waals surface area contributed by atoms with E-state index in [1.54, 1.807) is 22.7 Å². The van der Waals surface area contributed by atoms with Gasteiger partial charge in [-0.3, -0.25) is 0 Å². The van der Waals surface area contributed by atoms with Crippen LogP contribution in [0.15, 0.2) is 46.4 Å². The summed E-state index contributed by atoms with van der Waals surface area (Å²) in [7, 11) is 4.23. The second kappa shape index (κ2) is 9.50. The second-order valence-electron chi connectivity index (χ2n) is 8.82. The Morgan fingerprint density at radius 3 is 1.49 bits per heavy atom. The predicted molar refractivity (Wildman–Crippen MR) is 173 cm³/mol. The molecule has 0 radical (unpaired) electrons. The fourth-order valence-corrected chi connectivity index (χ4v) is 10.7. The van der Waals surface area contributed by atoms with Crippen LogP contribution in [0.4, 0.5) is 10.0 Å². The molecule has 0 amide bonds. The summed E-state index contributed by atoms with van der Waals surface area (Å²) in [6, 6.07) is 15.8. The molecule has 7 rings (SSSR count). The Balaban J connectivity index is 1.33. The molecule has 8 nitrogen and oxygen atoms in total. The fraction of sp³-hybridized carbons (Fsp3) is 0.0714. The Morgan fingerprint density at radius 2 is 1.10 bits per heavy atom. The van der Waals surface area contributed by atoms with Gasteiger partial charge in [-0.15, -0.1) is 34.0 Å². The Kier molecular flexibility index (Phi) is 5.88. The molecule has 41 heavy (non-hydrogen) atoms. The van der Waals surface area contributed by atoms with Gasteiger partial charge >= 0.3 is 11.7 Å². The Labute approximate surface area is 252 Å². The molecular weight excluding hydrogens is 609 g/mol. The first-order valence-corrected chi connectivity index (χ1v) is 15.9. The van der Waals surface area contributed by atoms with Crippen molar-refractivity contribution in [3.63, 3.8) is 0 Å². The maximum absolute atomic E-state index is 9.03. The van der Waals surface area contributed by atoms with Gasteiger partial charge in [-0.1, -0.05) is 45.8 Å². The van der Waals surface area contributed by atoms with Gasteiger partial charge in [0, 0.05) is 33.6 Å². The minimum absolute atomic E-state index is 0.161. The number of aliphatic imine (C=N–C) groups is 2. The summed E-state index contributed by atoms with van der Waals surface area (Å²) in [5.74, 6) is -0.322. The van der Waals surface area contributed by atoms with E-state index >= 15 is 0 Å². The van der Waals surface area contributed by atoms with E-state index in [9.17, 15) is 0 Å². The highest BCUT2D eigenvalue weighted by Crippen LogP contribution is 2.51. The molecule has 0 unspecified atom stereocenters. The van der Waals surface area contributed by atoms with Gasteiger partial charge in [-0.25, -0.2) is 10.5 Å². The molecule has 0 saturated carbocycles. The Morgan fingerprint density at radius 1 is 0.659 bits per heavy atom. The van der Waals surface area contributed by atoms with Crippen LogP contribution in [-0.4, -0.2) is 20.8 Å². The molecule has 13 heteroatoms. The fourth-order valence-electron chi connectivity index (χ4n) is 4.81. The van der Waals surface area contributed by atoms with Crippen molar-refractivity contribution in [2.45, 2.75) is 0 Å². The van der Waals surface area contributed by atoms with Crippen LogP contribution in [0, 0.1) is 35.8 Å². The smallest absolute Gasteiger partial charge is 0.350 e. The van der Waals surface area contributed by atoms with Crippen molar-refractivity contribution in [1.29, 1.82) is 10.5 Å². The van der Waals surface area contributed by atoms with E-state index in [1.165, 1.54) is 63.5 Å². The zero-order valence-corrected chi connectivity index (χ0v) is 25.2. The highest BCUT2D eigenvalue weighted by atomic mass is 32.1. The van der Waals surface area contributed by atoms with Crippen molar-refractivity contribution in [3.05, 3.63) is 59.2 Å². The summed E-state index contributed by atoms with van der Waals surface area (Å²) in [5, 5.41) is 19.4. The van der Waals surface area contributed by atoms with Crippen LogP contribution in [0.25, 0.3) is 70.1 Å². The summed E-state index contributed by atoms with van der Waals surface area (Å²) >= 11 is 8.28. The topological polar surface area (TPSA) is 90.9 Å². The zero-order valence-electron chi connectivity index (χ0n) is 21.1. The van der Waals surface area contributed by atoms with Gasteiger partial charge in [0.1, 0.15) is 12.1 Å².